The summed E-state index contributed by atoms with van der Waals surface area (Å²) in [6, 6.07) is 10.5. The summed E-state index contributed by atoms with van der Waals surface area (Å²) < 4.78 is 0. The maximum Gasteiger partial charge on any atom is 0.191 e. The molecular weight excluding hydrogens is 375 g/mol. The Balaban J connectivity index is 0.00000400. The zero-order valence-corrected chi connectivity index (χ0v) is 15.9. The van der Waals surface area contributed by atoms with E-state index >= 15 is 0 Å². The molecule has 21 heavy (non-hydrogen) atoms. The molecule has 0 bridgehead atoms. The zero-order chi connectivity index (χ0) is 14.8. The Kier molecular flexibility index (Phi) is 11.3. The van der Waals surface area contributed by atoms with E-state index in [0.29, 0.717) is 5.92 Å². The SMILES string of the molecule is CCN(C)CCNC(=NC)NCC(C)c1ccccc1.I. The molecule has 1 rings (SSSR count). The molecular formula is C16H29IN4. The van der Waals surface area contributed by atoms with E-state index in [0.717, 1.165) is 32.1 Å². The summed E-state index contributed by atoms with van der Waals surface area (Å²) in [7, 11) is 3.93. The highest BCUT2D eigenvalue weighted by atomic mass is 127. The minimum atomic E-state index is 0. The van der Waals surface area contributed by atoms with Crippen LogP contribution >= 0.6 is 24.0 Å². The number of guanidine groups is 1. The van der Waals surface area contributed by atoms with Crippen molar-refractivity contribution in [2.24, 2.45) is 4.99 Å². The van der Waals surface area contributed by atoms with E-state index in [2.05, 4.69) is 65.7 Å². The second kappa shape index (κ2) is 11.8. The Hall–Kier alpha value is -0.820. The first-order valence-electron chi connectivity index (χ1n) is 7.35. The number of rotatable bonds is 7. The predicted molar refractivity (Wildman–Crippen MR) is 103 cm³/mol. The molecule has 1 aromatic carbocycles. The van der Waals surface area contributed by atoms with E-state index in [9.17, 15) is 0 Å². The lowest BCUT2D eigenvalue weighted by atomic mass is 10.0. The number of nitrogens with one attached hydrogen (secondary N) is 2. The van der Waals surface area contributed by atoms with Gasteiger partial charge in [-0.15, -0.1) is 24.0 Å². The molecule has 1 atom stereocenters. The molecule has 0 saturated heterocycles. The number of aliphatic imine (C=N–C) groups is 1. The Morgan fingerprint density at radius 3 is 2.48 bits per heavy atom. The molecule has 0 amide bonds. The van der Waals surface area contributed by atoms with Gasteiger partial charge in [0.25, 0.3) is 0 Å². The summed E-state index contributed by atoms with van der Waals surface area (Å²) in [6.45, 7) is 8.26. The van der Waals surface area contributed by atoms with Gasteiger partial charge < -0.3 is 15.5 Å². The second-order valence-electron chi connectivity index (χ2n) is 5.09. The monoisotopic (exact) mass is 404 g/mol. The second-order valence-corrected chi connectivity index (χ2v) is 5.09. The normalized spacial score (nSPS) is 12.7. The fraction of sp³-hybridized carbons (Fsp3) is 0.562. The molecule has 0 spiro atoms. The van der Waals surface area contributed by atoms with Gasteiger partial charge in [-0.1, -0.05) is 44.2 Å². The van der Waals surface area contributed by atoms with Crippen LogP contribution in [0.1, 0.15) is 25.3 Å². The van der Waals surface area contributed by atoms with Crippen LogP contribution in [0, 0.1) is 0 Å². The largest absolute Gasteiger partial charge is 0.356 e. The molecule has 0 fully saturated rings. The van der Waals surface area contributed by atoms with Crippen molar-refractivity contribution < 1.29 is 0 Å². The molecule has 5 heteroatoms. The highest BCUT2D eigenvalue weighted by Gasteiger charge is 2.06. The number of benzene rings is 1. The van der Waals surface area contributed by atoms with Crippen molar-refractivity contribution in [1.82, 2.24) is 15.5 Å². The smallest absolute Gasteiger partial charge is 0.191 e. The zero-order valence-electron chi connectivity index (χ0n) is 13.6. The molecule has 0 aliphatic heterocycles. The van der Waals surface area contributed by atoms with Crippen LogP contribution in [0.25, 0.3) is 0 Å². The number of halogens is 1. The third-order valence-electron chi connectivity index (χ3n) is 3.49. The van der Waals surface area contributed by atoms with Crippen LogP contribution in [0.2, 0.25) is 0 Å². The van der Waals surface area contributed by atoms with Crippen LogP contribution in [0.3, 0.4) is 0 Å². The van der Waals surface area contributed by atoms with Gasteiger partial charge in [0.2, 0.25) is 0 Å². The standard InChI is InChI=1S/C16H28N4.HI/c1-5-20(4)12-11-18-16(17-3)19-13-14(2)15-9-7-6-8-10-15;/h6-10,14H,5,11-13H2,1-4H3,(H2,17,18,19);1H. The lowest BCUT2D eigenvalue weighted by Gasteiger charge is -2.18. The first-order valence-corrected chi connectivity index (χ1v) is 7.35. The summed E-state index contributed by atoms with van der Waals surface area (Å²) >= 11 is 0. The number of likely N-dealkylation sites (N-methyl/N-ethyl adjacent to an activating group) is 1. The van der Waals surface area contributed by atoms with Crippen molar-refractivity contribution in [3.8, 4) is 0 Å². The third-order valence-corrected chi connectivity index (χ3v) is 3.49. The van der Waals surface area contributed by atoms with Gasteiger partial charge in [-0.3, -0.25) is 4.99 Å². The van der Waals surface area contributed by atoms with Gasteiger partial charge in [-0.05, 0) is 25.1 Å². The predicted octanol–water partition coefficient (Wildman–Crippen LogP) is 2.52. The van der Waals surface area contributed by atoms with Gasteiger partial charge in [-0.2, -0.15) is 0 Å². The molecule has 120 valence electrons. The third kappa shape index (κ3) is 8.26. The van der Waals surface area contributed by atoms with E-state index in [1.807, 2.05) is 13.1 Å². The molecule has 2 N–H and O–H groups in total. The molecule has 0 heterocycles. The summed E-state index contributed by atoms with van der Waals surface area (Å²) in [4.78, 5) is 6.52. The molecule has 1 unspecified atom stereocenters. The summed E-state index contributed by atoms with van der Waals surface area (Å²) in [5.74, 6) is 1.34. The van der Waals surface area contributed by atoms with Crippen LogP contribution < -0.4 is 10.6 Å². The van der Waals surface area contributed by atoms with Crippen LogP contribution in [0.15, 0.2) is 35.3 Å². The van der Waals surface area contributed by atoms with Crippen molar-refractivity contribution in [3.05, 3.63) is 35.9 Å². The average molecular weight is 404 g/mol. The van der Waals surface area contributed by atoms with Crippen LogP contribution in [-0.2, 0) is 0 Å². The van der Waals surface area contributed by atoms with Gasteiger partial charge in [-0.25, -0.2) is 0 Å². The van der Waals surface area contributed by atoms with Crippen LogP contribution in [0.4, 0.5) is 0 Å². The van der Waals surface area contributed by atoms with Gasteiger partial charge in [0, 0.05) is 26.7 Å². The molecule has 0 saturated carbocycles. The summed E-state index contributed by atoms with van der Waals surface area (Å²) in [5, 5.41) is 6.72. The van der Waals surface area contributed by atoms with Crippen molar-refractivity contribution in [3.63, 3.8) is 0 Å². The molecule has 0 aliphatic rings. The maximum absolute atomic E-state index is 4.25. The highest BCUT2D eigenvalue weighted by molar-refractivity contribution is 14.0. The number of nitrogens with zero attached hydrogens (tertiary/aromatic N) is 2. The first kappa shape index (κ1) is 20.2. The van der Waals surface area contributed by atoms with Crippen molar-refractivity contribution in [2.75, 3.05) is 40.3 Å². The van der Waals surface area contributed by atoms with Gasteiger partial charge in [0.15, 0.2) is 5.96 Å². The quantitative estimate of drug-likeness (QED) is 0.417. The topological polar surface area (TPSA) is 39.7 Å². The minimum Gasteiger partial charge on any atom is -0.356 e. The molecule has 0 radical (unpaired) electrons. The Morgan fingerprint density at radius 2 is 1.90 bits per heavy atom. The lowest BCUT2D eigenvalue weighted by Crippen LogP contribution is -2.42. The molecule has 0 aliphatic carbocycles. The van der Waals surface area contributed by atoms with E-state index in [-0.39, 0.29) is 24.0 Å². The summed E-state index contributed by atoms with van der Waals surface area (Å²) in [6.07, 6.45) is 0. The van der Waals surface area contributed by atoms with E-state index < -0.39 is 0 Å². The average Bonchev–Trinajstić information content (AvgIpc) is 2.50. The van der Waals surface area contributed by atoms with Gasteiger partial charge in [0.05, 0.1) is 0 Å². The fourth-order valence-corrected chi connectivity index (χ4v) is 1.89. The van der Waals surface area contributed by atoms with Crippen molar-refractivity contribution in [2.45, 2.75) is 19.8 Å². The maximum atomic E-state index is 4.25. The van der Waals surface area contributed by atoms with Crippen LogP contribution in [0.5, 0.6) is 0 Å². The lowest BCUT2D eigenvalue weighted by molar-refractivity contribution is 0.357. The molecule has 0 aromatic heterocycles. The number of hydrogen-bond acceptors (Lipinski definition) is 2. The molecule has 4 nitrogen and oxygen atoms in total. The highest BCUT2D eigenvalue weighted by Crippen LogP contribution is 2.12. The fourth-order valence-electron chi connectivity index (χ4n) is 1.89. The minimum absolute atomic E-state index is 0. The van der Waals surface area contributed by atoms with E-state index in [1.54, 1.807) is 0 Å². The van der Waals surface area contributed by atoms with E-state index in [1.165, 1.54) is 5.56 Å². The van der Waals surface area contributed by atoms with Gasteiger partial charge in [0.1, 0.15) is 0 Å². The summed E-state index contributed by atoms with van der Waals surface area (Å²) in [5.41, 5.74) is 1.35. The van der Waals surface area contributed by atoms with E-state index in [4.69, 9.17) is 0 Å². The van der Waals surface area contributed by atoms with Crippen molar-refractivity contribution >= 4 is 29.9 Å². The number of hydrogen-bond donors (Lipinski definition) is 2. The van der Waals surface area contributed by atoms with Crippen LogP contribution in [-0.4, -0.2) is 51.1 Å². The Morgan fingerprint density at radius 1 is 1.24 bits per heavy atom. The molecule has 1 aromatic rings. The Bertz CT molecular complexity index is 395. The Labute approximate surface area is 146 Å². The first-order chi connectivity index (χ1) is 9.67. The van der Waals surface area contributed by atoms with Crippen molar-refractivity contribution in [1.29, 1.82) is 0 Å². The van der Waals surface area contributed by atoms with Gasteiger partial charge >= 0.3 is 0 Å².